The third-order valence-corrected chi connectivity index (χ3v) is 3.26. The van der Waals surface area contributed by atoms with E-state index in [-0.39, 0.29) is 11.4 Å². The van der Waals surface area contributed by atoms with Gasteiger partial charge in [0, 0.05) is 10.6 Å². The summed E-state index contributed by atoms with van der Waals surface area (Å²) in [5.74, 6) is -0.208. The minimum Gasteiger partial charge on any atom is -0.353 e. The van der Waals surface area contributed by atoms with E-state index in [0.29, 0.717) is 21.4 Å². The topological polar surface area (TPSA) is 54.0 Å². The van der Waals surface area contributed by atoms with Crippen LogP contribution < -0.4 is 10.6 Å². The van der Waals surface area contributed by atoms with E-state index in [2.05, 4.69) is 15.6 Å². The largest absolute Gasteiger partial charge is 0.353 e. The fraction of sp³-hybridized carbons (Fsp3) is 0.250. The monoisotopic (exact) mass is 337 g/mol. The molecule has 4 nitrogen and oxygen atoms in total. The molecule has 2 rings (SSSR count). The second kappa shape index (κ2) is 6.55. The molecule has 0 spiro atoms. The maximum Gasteiger partial charge on any atom is 0.270 e. The predicted octanol–water partition coefficient (Wildman–Crippen LogP) is 4.66. The molecule has 0 aliphatic heterocycles. The molecule has 22 heavy (non-hydrogen) atoms. The van der Waals surface area contributed by atoms with Gasteiger partial charge in [0.05, 0.1) is 22.6 Å². The van der Waals surface area contributed by atoms with Gasteiger partial charge in [0.25, 0.3) is 5.91 Å². The second-order valence-corrected chi connectivity index (χ2v) is 6.73. The third kappa shape index (κ3) is 4.61. The molecule has 0 fully saturated rings. The number of nitrogens with zero attached hydrogens (tertiary/aromatic N) is 1. The summed E-state index contributed by atoms with van der Waals surface area (Å²) < 4.78 is 0. The van der Waals surface area contributed by atoms with E-state index in [1.165, 1.54) is 0 Å². The van der Waals surface area contributed by atoms with E-state index in [4.69, 9.17) is 23.2 Å². The summed E-state index contributed by atoms with van der Waals surface area (Å²) in [7, 11) is 0. The SMILES string of the molecule is CC(C)(C)NC(=O)c1ccc(Nc2cc(Cl)ccc2Cl)cn1. The van der Waals surface area contributed by atoms with Gasteiger partial charge in [-0.15, -0.1) is 0 Å². The fourth-order valence-electron chi connectivity index (χ4n) is 1.76. The van der Waals surface area contributed by atoms with Gasteiger partial charge in [-0.3, -0.25) is 4.79 Å². The molecule has 0 radical (unpaired) electrons. The Bertz CT molecular complexity index is 679. The third-order valence-electron chi connectivity index (χ3n) is 2.69. The van der Waals surface area contributed by atoms with Crippen molar-refractivity contribution in [2.24, 2.45) is 0 Å². The Hall–Kier alpha value is -1.78. The molecule has 0 bridgehead atoms. The summed E-state index contributed by atoms with van der Waals surface area (Å²) in [6.07, 6.45) is 1.58. The quantitative estimate of drug-likeness (QED) is 0.856. The first-order valence-electron chi connectivity index (χ1n) is 6.75. The van der Waals surface area contributed by atoms with Crippen LogP contribution in [0.5, 0.6) is 0 Å². The minimum atomic E-state index is -0.302. The number of nitrogens with one attached hydrogen (secondary N) is 2. The Kier molecular flexibility index (Phi) is 4.94. The summed E-state index contributed by atoms with van der Waals surface area (Å²) in [5, 5.41) is 7.12. The highest BCUT2D eigenvalue weighted by Crippen LogP contribution is 2.28. The van der Waals surface area contributed by atoms with Crippen LogP contribution in [0.2, 0.25) is 10.0 Å². The number of anilines is 2. The Morgan fingerprint density at radius 3 is 2.45 bits per heavy atom. The van der Waals surface area contributed by atoms with Gasteiger partial charge in [-0.25, -0.2) is 4.98 Å². The highest BCUT2D eigenvalue weighted by atomic mass is 35.5. The number of carbonyl (C=O) groups is 1. The Labute approximate surface area is 139 Å². The van der Waals surface area contributed by atoms with Crippen LogP contribution in [0.4, 0.5) is 11.4 Å². The van der Waals surface area contributed by atoms with E-state index in [1.54, 1.807) is 36.5 Å². The summed E-state index contributed by atoms with van der Waals surface area (Å²) in [6.45, 7) is 5.76. The Morgan fingerprint density at radius 1 is 1.14 bits per heavy atom. The van der Waals surface area contributed by atoms with Gasteiger partial charge in [-0.2, -0.15) is 0 Å². The van der Waals surface area contributed by atoms with Crippen LogP contribution in [0.25, 0.3) is 0 Å². The zero-order valence-corrected chi connectivity index (χ0v) is 14.1. The normalized spacial score (nSPS) is 11.1. The molecule has 1 amide bonds. The number of hydrogen-bond donors (Lipinski definition) is 2. The number of carbonyl (C=O) groups excluding carboxylic acids is 1. The fourth-order valence-corrected chi connectivity index (χ4v) is 2.09. The number of benzene rings is 1. The molecule has 2 aromatic rings. The van der Waals surface area contributed by atoms with Crippen molar-refractivity contribution in [1.29, 1.82) is 0 Å². The van der Waals surface area contributed by atoms with Crippen molar-refractivity contribution in [2.75, 3.05) is 5.32 Å². The zero-order valence-electron chi connectivity index (χ0n) is 12.6. The van der Waals surface area contributed by atoms with E-state index >= 15 is 0 Å². The van der Waals surface area contributed by atoms with Crippen LogP contribution in [0.3, 0.4) is 0 Å². The lowest BCUT2D eigenvalue weighted by molar-refractivity contribution is 0.0914. The number of pyridine rings is 1. The average Bonchev–Trinajstić information content (AvgIpc) is 2.42. The van der Waals surface area contributed by atoms with Crippen LogP contribution >= 0.6 is 23.2 Å². The zero-order chi connectivity index (χ0) is 16.3. The number of hydrogen-bond acceptors (Lipinski definition) is 3. The van der Waals surface area contributed by atoms with E-state index < -0.39 is 0 Å². The molecule has 0 atom stereocenters. The standard InChI is InChI=1S/C16H17Cl2N3O/c1-16(2,3)21-15(22)13-7-5-11(9-19-13)20-14-8-10(17)4-6-12(14)18/h4-9,20H,1-3H3,(H,21,22). The van der Waals surface area contributed by atoms with Crippen molar-refractivity contribution in [3.8, 4) is 0 Å². The number of aromatic nitrogens is 1. The van der Waals surface area contributed by atoms with Crippen molar-refractivity contribution in [3.05, 3.63) is 52.3 Å². The molecule has 0 aliphatic carbocycles. The molecule has 0 aliphatic rings. The summed E-state index contributed by atoms with van der Waals surface area (Å²) in [6, 6.07) is 8.58. The molecule has 2 N–H and O–H groups in total. The number of rotatable bonds is 3. The molecule has 0 saturated carbocycles. The average molecular weight is 338 g/mol. The molecule has 6 heteroatoms. The van der Waals surface area contributed by atoms with E-state index in [0.717, 1.165) is 5.69 Å². The van der Waals surface area contributed by atoms with Crippen molar-refractivity contribution in [3.63, 3.8) is 0 Å². The maximum absolute atomic E-state index is 12.0. The van der Waals surface area contributed by atoms with Gasteiger partial charge in [-0.05, 0) is 51.1 Å². The summed E-state index contributed by atoms with van der Waals surface area (Å²) in [5.41, 5.74) is 1.46. The Balaban J connectivity index is 2.12. The van der Waals surface area contributed by atoms with Crippen LogP contribution in [0.15, 0.2) is 36.5 Å². The van der Waals surface area contributed by atoms with Gasteiger partial charge >= 0.3 is 0 Å². The van der Waals surface area contributed by atoms with Crippen LogP contribution in [0.1, 0.15) is 31.3 Å². The molecule has 0 saturated heterocycles. The summed E-state index contributed by atoms with van der Waals surface area (Å²) >= 11 is 12.0. The first-order chi connectivity index (χ1) is 10.2. The molecule has 1 aromatic carbocycles. The highest BCUT2D eigenvalue weighted by molar-refractivity contribution is 6.35. The van der Waals surface area contributed by atoms with E-state index in [9.17, 15) is 4.79 Å². The lowest BCUT2D eigenvalue weighted by Crippen LogP contribution is -2.40. The van der Waals surface area contributed by atoms with Crippen LogP contribution in [-0.2, 0) is 0 Å². The van der Waals surface area contributed by atoms with Crippen molar-refractivity contribution < 1.29 is 4.79 Å². The second-order valence-electron chi connectivity index (χ2n) is 5.89. The number of halogens is 2. The Morgan fingerprint density at radius 2 is 1.86 bits per heavy atom. The van der Waals surface area contributed by atoms with Gasteiger partial charge in [0.2, 0.25) is 0 Å². The predicted molar refractivity (Wildman–Crippen MR) is 91.2 cm³/mol. The molecular weight excluding hydrogens is 321 g/mol. The van der Waals surface area contributed by atoms with Gasteiger partial charge < -0.3 is 10.6 Å². The number of amides is 1. The van der Waals surface area contributed by atoms with Crippen molar-refractivity contribution in [2.45, 2.75) is 26.3 Å². The first-order valence-corrected chi connectivity index (χ1v) is 7.51. The van der Waals surface area contributed by atoms with Gasteiger partial charge in [0.15, 0.2) is 0 Å². The first kappa shape index (κ1) is 16.6. The molecular formula is C16H17Cl2N3O. The molecule has 116 valence electrons. The van der Waals surface area contributed by atoms with Crippen LogP contribution in [0, 0.1) is 0 Å². The molecule has 0 unspecified atom stereocenters. The smallest absolute Gasteiger partial charge is 0.270 e. The van der Waals surface area contributed by atoms with Gasteiger partial charge in [-0.1, -0.05) is 23.2 Å². The maximum atomic E-state index is 12.0. The highest BCUT2D eigenvalue weighted by Gasteiger charge is 2.16. The molecule has 1 heterocycles. The van der Waals surface area contributed by atoms with E-state index in [1.807, 2.05) is 20.8 Å². The van der Waals surface area contributed by atoms with Gasteiger partial charge in [0.1, 0.15) is 5.69 Å². The summed E-state index contributed by atoms with van der Waals surface area (Å²) in [4.78, 5) is 16.2. The van der Waals surface area contributed by atoms with Crippen molar-refractivity contribution in [1.82, 2.24) is 10.3 Å². The minimum absolute atomic E-state index is 0.208. The van der Waals surface area contributed by atoms with Crippen LogP contribution in [-0.4, -0.2) is 16.4 Å². The van der Waals surface area contributed by atoms with Crippen molar-refractivity contribution >= 4 is 40.5 Å². The lowest BCUT2D eigenvalue weighted by atomic mass is 10.1. The lowest BCUT2D eigenvalue weighted by Gasteiger charge is -2.20. The molecule has 1 aromatic heterocycles.